The van der Waals surface area contributed by atoms with Gasteiger partial charge in [0.15, 0.2) is 5.78 Å². The summed E-state index contributed by atoms with van der Waals surface area (Å²) in [6.45, 7) is 1.90. The van der Waals surface area contributed by atoms with Crippen LogP contribution in [-0.4, -0.2) is 20.0 Å². The lowest BCUT2D eigenvalue weighted by molar-refractivity contribution is 0.103. The van der Waals surface area contributed by atoms with Crippen molar-refractivity contribution in [1.82, 2.24) is 0 Å². The normalized spacial score (nSPS) is 10.4. The Bertz CT molecular complexity index is 667. The van der Waals surface area contributed by atoms with Gasteiger partial charge < -0.3 is 15.2 Å². The Kier molecular flexibility index (Phi) is 4.35. The van der Waals surface area contributed by atoms with Crippen molar-refractivity contribution in [3.8, 4) is 11.5 Å². The fourth-order valence-electron chi connectivity index (χ4n) is 1.89. The second-order valence-corrected chi connectivity index (χ2v) is 6.78. The molecule has 0 aliphatic carbocycles. The number of anilines is 1. The molecule has 106 valence electrons. The molecule has 0 atom stereocenters. The molecule has 0 aliphatic rings. The summed E-state index contributed by atoms with van der Waals surface area (Å²) < 4.78 is 11.3. The molecule has 0 saturated carbocycles. The molecule has 0 bridgehead atoms. The summed E-state index contributed by atoms with van der Waals surface area (Å²) in [6, 6.07) is 5.08. The number of nitrogen functional groups attached to an aromatic ring is 1. The van der Waals surface area contributed by atoms with E-state index in [0.717, 1.165) is 8.66 Å². The van der Waals surface area contributed by atoms with E-state index in [1.165, 1.54) is 25.6 Å². The van der Waals surface area contributed by atoms with E-state index in [2.05, 4.69) is 15.9 Å². The maximum absolute atomic E-state index is 12.6. The van der Waals surface area contributed by atoms with Crippen molar-refractivity contribution in [3.05, 3.63) is 38.0 Å². The van der Waals surface area contributed by atoms with Gasteiger partial charge in [-0.1, -0.05) is 0 Å². The van der Waals surface area contributed by atoms with E-state index in [4.69, 9.17) is 15.2 Å². The van der Waals surface area contributed by atoms with Crippen LogP contribution in [0.5, 0.6) is 11.5 Å². The first kappa shape index (κ1) is 14.9. The Hall–Kier alpha value is -1.53. The van der Waals surface area contributed by atoms with E-state index in [9.17, 15) is 4.79 Å². The standard InChI is InChI=1S/C14H14BrNO3S/c1-7-9(6-12(15)20-7)14(17)10-4-8(18-2)5-11(19-3)13(10)16/h4-6H,16H2,1-3H3. The van der Waals surface area contributed by atoms with Crippen molar-refractivity contribution in [2.75, 3.05) is 20.0 Å². The summed E-state index contributed by atoms with van der Waals surface area (Å²) in [7, 11) is 3.04. The molecule has 2 N–H and O–H groups in total. The fraction of sp³-hybridized carbons (Fsp3) is 0.214. The van der Waals surface area contributed by atoms with E-state index >= 15 is 0 Å². The number of hydrogen-bond acceptors (Lipinski definition) is 5. The molecule has 1 heterocycles. The molecule has 6 heteroatoms. The van der Waals surface area contributed by atoms with Gasteiger partial charge in [-0.25, -0.2) is 0 Å². The second-order valence-electron chi connectivity index (χ2n) is 4.14. The molecule has 0 spiro atoms. The predicted octanol–water partition coefficient (Wildman–Crippen LogP) is 3.65. The van der Waals surface area contributed by atoms with Gasteiger partial charge in [0, 0.05) is 16.5 Å². The van der Waals surface area contributed by atoms with Crippen LogP contribution in [0, 0.1) is 6.92 Å². The molecule has 1 aromatic heterocycles. The number of methoxy groups -OCH3 is 2. The minimum absolute atomic E-state index is 0.140. The molecule has 20 heavy (non-hydrogen) atoms. The lowest BCUT2D eigenvalue weighted by Crippen LogP contribution is -2.07. The Balaban J connectivity index is 2.56. The molecule has 1 aromatic carbocycles. The fourth-order valence-corrected chi connectivity index (χ4v) is 3.58. The number of nitrogens with two attached hydrogens (primary N) is 1. The zero-order chi connectivity index (χ0) is 14.9. The largest absolute Gasteiger partial charge is 0.497 e. The number of rotatable bonds is 4. The second kappa shape index (κ2) is 5.85. The summed E-state index contributed by atoms with van der Waals surface area (Å²) in [6.07, 6.45) is 0. The highest BCUT2D eigenvalue weighted by atomic mass is 79.9. The number of carbonyl (C=O) groups is 1. The van der Waals surface area contributed by atoms with Crippen molar-refractivity contribution in [2.24, 2.45) is 0 Å². The van der Waals surface area contributed by atoms with E-state index in [1.807, 2.05) is 6.92 Å². The molecule has 0 amide bonds. The molecule has 0 fully saturated rings. The minimum Gasteiger partial charge on any atom is -0.497 e. The number of ketones is 1. The molecule has 0 unspecified atom stereocenters. The van der Waals surface area contributed by atoms with Crippen LogP contribution in [0.15, 0.2) is 22.0 Å². The van der Waals surface area contributed by atoms with Crippen LogP contribution < -0.4 is 15.2 Å². The summed E-state index contributed by atoms with van der Waals surface area (Å²) in [5.74, 6) is 0.824. The molecule has 2 rings (SSSR count). The van der Waals surface area contributed by atoms with Crippen LogP contribution >= 0.6 is 27.3 Å². The number of benzene rings is 1. The first-order chi connectivity index (χ1) is 9.47. The van der Waals surface area contributed by atoms with Gasteiger partial charge in [0.1, 0.15) is 11.5 Å². The summed E-state index contributed by atoms with van der Waals surface area (Å²) >= 11 is 4.89. The van der Waals surface area contributed by atoms with Gasteiger partial charge in [0.05, 0.1) is 29.3 Å². The topological polar surface area (TPSA) is 61.6 Å². The first-order valence-electron chi connectivity index (χ1n) is 5.80. The lowest BCUT2D eigenvalue weighted by atomic mass is 10.0. The summed E-state index contributed by atoms with van der Waals surface area (Å²) in [5.41, 5.74) is 7.33. The first-order valence-corrected chi connectivity index (χ1v) is 7.41. The average molecular weight is 356 g/mol. The van der Waals surface area contributed by atoms with Crippen molar-refractivity contribution < 1.29 is 14.3 Å². The third-order valence-corrected chi connectivity index (χ3v) is 4.50. The highest BCUT2D eigenvalue weighted by Crippen LogP contribution is 2.35. The highest BCUT2D eigenvalue weighted by Gasteiger charge is 2.20. The highest BCUT2D eigenvalue weighted by molar-refractivity contribution is 9.11. The molecule has 0 aliphatic heterocycles. The smallest absolute Gasteiger partial charge is 0.196 e. The number of aryl methyl sites for hydroxylation is 1. The Labute approximate surface area is 129 Å². The third-order valence-electron chi connectivity index (χ3n) is 2.95. The van der Waals surface area contributed by atoms with Crippen LogP contribution in [0.2, 0.25) is 0 Å². The van der Waals surface area contributed by atoms with Gasteiger partial charge in [-0.15, -0.1) is 11.3 Å². The molecule has 4 nitrogen and oxygen atoms in total. The number of thiophene rings is 1. The Morgan fingerprint density at radius 2 is 1.90 bits per heavy atom. The van der Waals surface area contributed by atoms with Gasteiger partial charge in [0.2, 0.25) is 0 Å². The van der Waals surface area contributed by atoms with Crippen LogP contribution in [0.3, 0.4) is 0 Å². The number of ether oxygens (including phenoxy) is 2. The summed E-state index contributed by atoms with van der Waals surface area (Å²) in [4.78, 5) is 13.6. The zero-order valence-electron chi connectivity index (χ0n) is 11.3. The van der Waals surface area contributed by atoms with Crippen molar-refractivity contribution >= 4 is 38.7 Å². The van der Waals surface area contributed by atoms with E-state index < -0.39 is 0 Å². The van der Waals surface area contributed by atoms with Crippen LogP contribution in [0.25, 0.3) is 0 Å². The number of carbonyl (C=O) groups excluding carboxylic acids is 1. The molecular weight excluding hydrogens is 342 g/mol. The quantitative estimate of drug-likeness (QED) is 0.671. The number of hydrogen-bond donors (Lipinski definition) is 1. The van der Waals surface area contributed by atoms with E-state index in [-0.39, 0.29) is 5.78 Å². The van der Waals surface area contributed by atoms with E-state index in [0.29, 0.717) is 28.3 Å². The maximum Gasteiger partial charge on any atom is 0.196 e. The monoisotopic (exact) mass is 355 g/mol. The minimum atomic E-state index is -0.140. The third kappa shape index (κ3) is 2.66. The van der Waals surface area contributed by atoms with Gasteiger partial charge in [-0.3, -0.25) is 4.79 Å². The Morgan fingerprint density at radius 3 is 2.40 bits per heavy atom. The Morgan fingerprint density at radius 1 is 1.20 bits per heavy atom. The SMILES string of the molecule is COc1cc(OC)c(N)c(C(=O)c2cc(Br)sc2C)c1. The van der Waals surface area contributed by atoms with Crippen LogP contribution in [0.1, 0.15) is 20.8 Å². The lowest BCUT2D eigenvalue weighted by Gasteiger charge is -2.12. The average Bonchev–Trinajstić information content (AvgIpc) is 2.77. The maximum atomic E-state index is 12.6. The van der Waals surface area contributed by atoms with Crippen molar-refractivity contribution in [1.29, 1.82) is 0 Å². The summed E-state index contributed by atoms with van der Waals surface area (Å²) in [5, 5.41) is 0. The zero-order valence-corrected chi connectivity index (χ0v) is 13.7. The van der Waals surface area contributed by atoms with Crippen molar-refractivity contribution in [3.63, 3.8) is 0 Å². The predicted molar refractivity (Wildman–Crippen MR) is 84.1 cm³/mol. The van der Waals surface area contributed by atoms with Crippen molar-refractivity contribution in [2.45, 2.75) is 6.92 Å². The number of halogens is 1. The molecular formula is C14H14BrNO3S. The molecule has 0 saturated heterocycles. The van der Waals surface area contributed by atoms with Crippen LogP contribution in [-0.2, 0) is 0 Å². The van der Waals surface area contributed by atoms with Gasteiger partial charge in [-0.2, -0.15) is 0 Å². The van der Waals surface area contributed by atoms with Gasteiger partial charge in [-0.05, 0) is 35.0 Å². The van der Waals surface area contributed by atoms with Gasteiger partial charge in [0.25, 0.3) is 0 Å². The van der Waals surface area contributed by atoms with E-state index in [1.54, 1.807) is 18.2 Å². The molecule has 2 aromatic rings. The van der Waals surface area contributed by atoms with Crippen LogP contribution in [0.4, 0.5) is 5.69 Å². The molecule has 0 radical (unpaired) electrons. The van der Waals surface area contributed by atoms with Gasteiger partial charge >= 0.3 is 0 Å².